The molecule has 0 aliphatic rings. The minimum absolute atomic E-state index is 0.0829. The highest BCUT2D eigenvalue weighted by atomic mass is 32.2. The number of rotatable bonds is 11. The van der Waals surface area contributed by atoms with E-state index >= 15 is 0 Å². The summed E-state index contributed by atoms with van der Waals surface area (Å²) in [6, 6.07) is 18.3. The summed E-state index contributed by atoms with van der Waals surface area (Å²) in [5.41, 5.74) is 3.74. The Bertz CT molecular complexity index is 1420. The zero-order valence-electron chi connectivity index (χ0n) is 23.4. The zero-order valence-corrected chi connectivity index (χ0v) is 24.2. The number of hydrogen-bond donors (Lipinski definition) is 1. The van der Waals surface area contributed by atoms with E-state index < -0.39 is 28.5 Å². The second-order valence-corrected chi connectivity index (χ2v) is 11.3. The van der Waals surface area contributed by atoms with Crippen LogP contribution >= 0.6 is 0 Å². The van der Waals surface area contributed by atoms with Crippen LogP contribution in [0.2, 0.25) is 0 Å². The topological polar surface area (TPSA) is 96.0 Å². The van der Waals surface area contributed by atoms with Crippen LogP contribution in [0.25, 0.3) is 0 Å². The largest absolute Gasteiger partial charge is 0.497 e. The Hall–Kier alpha value is -3.85. The Morgan fingerprint density at radius 2 is 1.64 bits per heavy atom. The van der Waals surface area contributed by atoms with E-state index in [9.17, 15) is 18.0 Å². The van der Waals surface area contributed by atoms with Gasteiger partial charge in [0.2, 0.25) is 11.8 Å². The van der Waals surface area contributed by atoms with Crippen molar-refractivity contribution in [2.75, 3.05) is 25.0 Å². The number of nitrogens with one attached hydrogen (secondary N) is 1. The van der Waals surface area contributed by atoms with Crippen LogP contribution in [-0.4, -0.2) is 51.9 Å². The third-order valence-corrected chi connectivity index (χ3v) is 8.63. The number of nitrogens with zero attached hydrogens (tertiary/aromatic N) is 2. The monoisotopic (exact) mass is 551 g/mol. The van der Waals surface area contributed by atoms with Crippen LogP contribution in [0.4, 0.5) is 5.69 Å². The van der Waals surface area contributed by atoms with Crippen molar-refractivity contribution < 1.29 is 22.7 Å². The van der Waals surface area contributed by atoms with Crippen LogP contribution in [0.15, 0.2) is 71.6 Å². The molecule has 2 amide bonds. The summed E-state index contributed by atoms with van der Waals surface area (Å²) in [5.74, 6) is -0.204. The molecule has 3 aromatic rings. The summed E-state index contributed by atoms with van der Waals surface area (Å²) in [6.45, 7) is 7.05. The second kappa shape index (κ2) is 12.8. The number of sulfonamides is 1. The van der Waals surface area contributed by atoms with Gasteiger partial charge in [-0.25, -0.2) is 8.42 Å². The predicted octanol–water partition coefficient (Wildman–Crippen LogP) is 4.37. The van der Waals surface area contributed by atoms with Crippen molar-refractivity contribution in [3.05, 3.63) is 89.0 Å². The second-order valence-electron chi connectivity index (χ2n) is 9.46. The molecule has 0 bridgehead atoms. The van der Waals surface area contributed by atoms with E-state index in [0.29, 0.717) is 17.9 Å². The number of aryl methyl sites for hydroxylation is 2. The molecule has 0 spiro atoms. The van der Waals surface area contributed by atoms with Gasteiger partial charge in [-0.05, 0) is 74.2 Å². The fourth-order valence-electron chi connectivity index (χ4n) is 4.41. The Kier molecular flexibility index (Phi) is 9.75. The summed E-state index contributed by atoms with van der Waals surface area (Å²) in [6.07, 6.45) is 0.351. The molecular weight excluding hydrogens is 514 g/mol. The minimum Gasteiger partial charge on any atom is -0.497 e. The third-order valence-electron chi connectivity index (χ3n) is 6.85. The summed E-state index contributed by atoms with van der Waals surface area (Å²) in [7, 11) is -1.04. The maximum absolute atomic E-state index is 14.0. The molecule has 0 saturated heterocycles. The molecular formula is C30H37N3O5S. The van der Waals surface area contributed by atoms with Crippen molar-refractivity contribution >= 4 is 27.5 Å². The van der Waals surface area contributed by atoms with E-state index in [0.717, 1.165) is 26.6 Å². The van der Waals surface area contributed by atoms with E-state index in [2.05, 4.69) is 5.32 Å². The molecule has 1 N–H and O–H groups in total. The van der Waals surface area contributed by atoms with Crippen molar-refractivity contribution in [1.29, 1.82) is 0 Å². The van der Waals surface area contributed by atoms with E-state index in [1.165, 1.54) is 11.9 Å². The number of carbonyl (C=O) groups is 2. The standard InChI is InChI=1S/C30H37N3O5S/c1-7-27(30(35)31-5)32(19-24-11-9-12-25(18-24)38-6)29(34)20-33(28-13-8-10-22(3)23(28)4)39(36,37)26-16-14-21(2)15-17-26/h8-18,27H,7,19-20H2,1-6H3,(H,31,35). The Morgan fingerprint density at radius 1 is 0.974 bits per heavy atom. The molecule has 3 rings (SSSR count). The minimum atomic E-state index is -4.12. The first-order chi connectivity index (χ1) is 18.5. The molecule has 0 aliphatic heterocycles. The van der Waals surface area contributed by atoms with Crippen LogP contribution in [0.1, 0.15) is 35.6 Å². The Labute approximate surface area is 231 Å². The average Bonchev–Trinajstić information content (AvgIpc) is 2.93. The lowest BCUT2D eigenvalue weighted by molar-refractivity contribution is -0.140. The van der Waals surface area contributed by atoms with Gasteiger partial charge in [0.05, 0.1) is 17.7 Å². The molecule has 3 aromatic carbocycles. The highest BCUT2D eigenvalue weighted by Crippen LogP contribution is 2.29. The lowest BCUT2D eigenvalue weighted by Crippen LogP contribution is -2.51. The molecule has 1 atom stereocenters. The predicted molar refractivity (Wildman–Crippen MR) is 153 cm³/mol. The molecule has 208 valence electrons. The molecule has 0 fully saturated rings. The van der Waals surface area contributed by atoms with Crippen molar-refractivity contribution in [2.24, 2.45) is 0 Å². The van der Waals surface area contributed by atoms with Gasteiger partial charge >= 0.3 is 0 Å². The van der Waals surface area contributed by atoms with Gasteiger partial charge in [-0.1, -0.05) is 48.9 Å². The molecule has 8 nitrogen and oxygen atoms in total. The zero-order chi connectivity index (χ0) is 28.7. The molecule has 0 saturated carbocycles. The van der Waals surface area contributed by atoms with Crippen LogP contribution in [0.5, 0.6) is 5.75 Å². The number of carbonyl (C=O) groups excluding carboxylic acids is 2. The van der Waals surface area contributed by atoms with Gasteiger partial charge in [-0.2, -0.15) is 0 Å². The summed E-state index contributed by atoms with van der Waals surface area (Å²) in [4.78, 5) is 28.4. The normalized spacial score (nSPS) is 11.9. The summed E-state index contributed by atoms with van der Waals surface area (Å²) < 4.78 is 34.5. The Balaban J connectivity index is 2.11. The van der Waals surface area contributed by atoms with Gasteiger partial charge in [0.15, 0.2) is 0 Å². The highest BCUT2D eigenvalue weighted by Gasteiger charge is 2.34. The molecule has 1 unspecified atom stereocenters. The summed E-state index contributed by atoms with van der Waals surface area (Å²) in [5, 5.41) is 2.63. The van der Waals surface area contributed by atoms with Crippen molar-refractivity contribution in [3.63, 3.8) is 0 Å². The van der Waals surface area contributed by atoms with E-state index in [4.69, 9.17) is 4.74 Å². The molecule has 0 aromatic heterocycles. The van der Waals surface area contributed by atoms with Crippen molar-refractivity contribution in [1.82, 2.24) is 10.2 Å². The maximum atomic E-state index is 14.0. The van der Waals surface area contributed by atoms with Gasteiger partial charge in [0, 0.05) is 13.6 Å². The third kappa shape index (κ3) is 6.78. The molecule has 0 aliphatic carbocycles. The van der Waals surface area contributed by atoms with Gasteiger partial charge in [-0.15, -0.1) is 0 Å². The number of methoxy groups -OCH3 is 1. The molecule has 0 radical (unpaired) electrons. The molecule has 0 heterocycles. The van der Waals surface area contributed by atoms with E-state index in [1.807, 2.05) is 45.9 Å². The first kappa shape index (κ1) is 29.7. The molecule has 9 heteroatoms. The van der Waals surface area contributed by atoms with Crippen LogP contribution < -0.4 is 14.4 Å². The van der Waals surface area contributed by atoms with E-state index in [1.54, 1.807) is 55.6 Å². The first-order valence-corrected chi connectivity index (χ1v) is 14.3. The van der Waals surface area contributed by atoms with Crippen LogP contribution in [-0.2, 0) is 26.2 Å². The van der Waals surface area contributed by atoms with Crippen LogP contribution in [0, 0.1) is 20.8 Å². The maximum Gasteiger partial charge on any atom is 0.264 e. The van der Waals surface area contributed by atoms with Gasteiger partial charge in [0.25, 0.3) is 10.0 Å². The first-order valence-electron chi connectivity index (χ1n) is 12.8. The summed E-state index contributed by atoms with van der Waals surface area (Å²) >= 11 is 0. The molecule has 39 heavy (non-hydrogen) atoms. The van der Waals surface area contributed by atoms with Crippen molar-refractivity contribution in [2.45, 2.75) is 51.6 Å². The quantitative estimate of drug-likeness (QED) is 0.382. The number of anilines is 1. The fraction of sp³-hybridized carbons (Fsp3) is 0.333. The Morgan fingerprint density at radius 3 is 2.26 bits per heavy atom. The number of likely N-dealkylation sites (N-methyl/N-ethyl adjacent to an activating group) is 1. The van der Waals surface area contributed by atoms with E-state index in [-0.39, 0.29) is 17.3 Å². The number of hydrogen-bond acceptors (Lipinski definition) is 5. The smallest absolute Gasteiger partial charge is 0.264 e. The SMILES string of the molecule is CCC(C(=O)NC)N(Cc1cccc(OC)c1)C(=O)CN(c1cccc(C)c1C)S(=O)(=O)c1ccc(C)cc1. The lowest BCUT2D eigenvalue weighted by Gasteiger charge is -2.33. The number of benzene rings is 3. The van der Waals surface area contributed by atoms with Gasteiger partial charge in [-0.3, -0.25) is 13.9 Å². The van der Waals surface area contributed by atoms with Gasteiger partial charge < -0.3 is 15.0 Å². The highest BCUT2D eigenvalue weighted by molar-refractivity contribution is 7.92. The van der Waals surface area contributed by atoms with Crippen molar-refractivity contribution in [3.8, 4) is 5.75 Å². The number of amides is 2. The average molecular weight is 552 g/mol. The fourth-order valence-corrected chi connectivity index (χ4v) is 5.88. The van der Waals surface area contributed by atoms with Gasteiger partial charge in [0.1, 0.15) is 18.3 Å². The van der Waals surface area contributed by atoms with Crippen LogP contribution in [0.3, 0.4) is 0 Å². The number of ether oxygens (including phenoxy) is 1. The lowest BCUT2D eigenvalue weighted by atomic mass is 10.1.